The highest BCUT2D eigenvalue weighted by atomic mass is 16.5. The van der Waals surface area contributed by atoms with Crippen molar-refractivity contribution in [3.63, 3.8) is 0 Å². The first kappa shape index (κ1) is 15.7. The number of ketones is 2. The summed E-state index contributed by atoms with van der Waals surface area (Å²) in [6.45, 7) is 2.78. The average molecular weight is 326 g/mol. The minimum Gasteiger partial charge on any atom is -0.506 e. The summed E-state index contributed by atoms with van der Waals surface area (Å²) in [5, 5.41) is 11.3. The van der Waals surface area contributed by atoms with E-state index in [1.165, 1.54) is 45.2 Å². The quantitative estimate of drug-likeness (QED) is 0.674. The van der Waals surface area contributed by atoms with E-state index in [1.807, 2.05) is 0 Å². The van der Waals surface area contributed by atoms with Crippen molar-refractivity contribution in [1.29, 1.82) is 0 Å². The number of allylic oxidation sites excluding steroid dienone is 2. The summed E-state index contributed by atoms with van der Waals surface area (Å²) in [5.74, 6) is -1.15. The van der Waals surface area contributed by atoms with Crippen LogP contribution in [0, 0.1) is 0 Å². The summed E-state index contributed by atoms with van der Waals surface area (Å²) >= 11 is 0. The van der Waals surface area contributed by atoms with Gasteiger partial charge in [0.25, 0.3) is 0 Å². The van der Waals surface area contributed by atoms with Crippen molar-refractivity contribution in [2.75, 3.05) is 7.11 Å². The third-order valence-electron chi connectivity index (χ3n) is 3.83. The number of benzene rings is 2. The van der Waals surface area contributed by atoms with Gasteiger partial charge in [-0.25, -0.2) is 0 Å². The third-order valence-corrected chi connectivity index (χ3v) is 3.83. The summed E-state index contributed by atoms with van der Waals surface area (Å²) in [5.41, 5.74) is 0.335. The second-order valence-electron chi connectivity index (χ2n) is 5.49. The van der Waals surface area contributed by atoms with Crippen molar-refractivity contribution in [3.05, 3.63) is 41.0 Å². The van der Waals surface area contributed by atoms with Crippen LogP contribution in [-0.2, 0) is 4.79 Å². The van der Waals surface area contributed by atoms with Gasteiger partial charge in [-0.1, -0.05) is 0 Å². The second kappa shape index (κ2) is 5.49. The minimum absolute atomic E-state index is 0.0361. The van der Waals surface area contributed by atoms with Crippen LogP contribution in [0.25, 0.3) is 10.8 Å². The van der Waals surface area contributed by atoms with E-state index in [2.05, 4.69) is 0 Å². The molecule has 0 heterocycles. The predicted molar refractivity (Wildman–Crippen MR) is 85.9 cm³/mol. The number of rotatable bonds is 2. The molecule has 0 unspecified atom stereocenters. The molecule has 1 aliphatic carbocycles. The zero-order valence-electron chi connectivity index (χ0n) is 13.3. The van der Waals surface area contributed by atoms with Crippen molar-refractivity contribution >= 4 is 28.3 Å². The van der Waals surface area contributed by atoms with Crippen molar-refractivity contribution < 1.29 is 29.0 Å². The van der Waals surface area contributed by atoms with E-state index < -0.39 is 11.8 Å². The third kappa shape index (κ3) is 2.32. The topological polar surface area (TPSA) is 89.9 Å². The highest BCUT2D eigenvalue weighted by Crippen LogP contribution is 2.42. The minimum atomic E-state index is -0.511. The maximum Gasteiger partial charge on any atom is 0.308 e. The summed E-state index contributed by atoms with van der Waals surface area (Å²) in [6, 6.07) is 4.43. The molecule has 0 radical (unpaired) electrons. The zero-order chi connectivity index (χ0) is 17.6. The van der Waals surface area contributed by atoms with Crippen molar-refractivity contribution in [1.82, 2.24) is 0 Å². The summed E-state index contributed by atoms with van der Waals surface area (Å²) < 4.78 is 10.3. The molecule has 2 aromatic rings. The highest BCUT2D eigenvalue weighted by molar-refractivity contribution is 6.27. The Morgan fingerprint density at radius 3 is 2.50 bits per heavy atom. The summed E-state index contributed by atoms with van der Waals surface area (Å²) in [7, 11) is 1.39. The predicted octanol–water partition coefficient (Wildman–Crippen LogP) is 2.80. The molecule has 0 amide bonds. The van der Waals surface area contributed by atoms with Crippen LogP contribution in [0.4, 0.5) is 0 Å². The lowest BCUT2D eigenvalue weighted by Gasteiger charge is -2.18. The molecule has 122 valence electrons. The van der Waals surface area contributed by atoms with Crippen LogP contribution < -0.4 is 9.47 Å². The molecule has 0 atom stereocenters. The number of hydrogen-bond donors (Lipinski definition) is 1. The number of phenolic OH excluding ortho intramolecular Hbond substituents is 1. The summed E-state index contributed by atoms with van der Waals surface area (Å²) in [4.78, 5) is 35.7. The molecule has 6 nitrogen and oxygen atoms in total. The molecule has 2 aromatic carbocycles. The number of aromatic hydroxyl groups is 1. The van der Waals surface area contributed by atoms with Crippen LogP contribution in [0.15, 0.2) is 29.8 Å². The molecule has 6 heteroatoms. The number of ether oxygens (including phenoxy) is 2. The number of phenols is 1. The highest BCUT2D eigenvalue weighted by Gasteiger charge is 2.29. The number of fused-ring (bicyclic) bond motifs is 2. The smallest absolute Gasteiger partial charge is 0.308 e. The Labute approximate surface area is 137 Å². The largest absolute Gasteiger partial charge is 0.506 e. The van der Waals surface area contributed by atoms with Gasteiger partial charge in [0.2, 0.25) is 0 Å². The monoisotopic (exact) mass is 326 g/mol. The number of Topliss-reactive ketones (excluding diaryl/α,β-unsaturated/α-hetero) is 1. The van der Waals surface area contributed by atoms with E-state index in [0.29, 0.717) is 5.39 Å². The fourth-order valence-electron chi connectivity index (χ4n) is 2.81. The molecule has 0 saturated carbocycles. The number of methoxy groups -OCH3 is 1. The van der Waals surface area contributed by atoms with E-state index in [-0.39, 0.29) is 45.1 Å². The van der Waals surface area contributed by atoms with Gasteiger partial charge >= 0.3 is 5.97 Å². The molecule has 0 aromatic heterocycles. The number of carbonyl (C=O) groups excluding carboxylic acids is 3. The van der Waals surface area contributed by atoms with Gasteiger partial charge in [-0.15, -0.1) is 0 Å². The fraction of sp³-hybridized carbons (Fsp3) is 0.167. The van der Waals surface area contributed by atoms with Gasteiger partial charge in [-0.2, -0.15) is 0 Å². The van der Waals surface area contributed by atoms with Crippen LogP contribution in [0.5, 0.6) is 17.2 Å². The van der Waals surface area contributed by atoms with Gasteiger partial charge in [0.1, 0.15) is 17.2 Å². The van der Waals surface area contributed by atoms with Crippen molar-refractivity contribution in [3.8, 4) is 17.2 Å². The lowest BCUT2D eigenvalue weighted by Crippen LogP contribution is -2.16. The van der Waals surface area contributed by atoms with Crippen LogP contribution in [-0.4, -0.2) is 29.8 Å². The summed E-state index contributed by atoms with van der Waals surface area (Å²) in [6.07, 6.45) is 1.24. The molecule has 3 rings (SSSR count). The van der Waals surface area contributed by atoms with E-state index in [1.54, 1.807) is 0 Å². The van der Waals surface area contributed by atoms with Gasteiger partial charge in [-0.3, -0.25) is 14.4 Å². The van der Waals surface area contributed by atoms with Crippen molar-refractivity contribution in [2.45, 2.75) is 13.8 Å². The van der Waals surface area contributed by atoms with E-state index in [9.17, 15) is 19.5 Å². The molecule has 24 heavy (non-hydrogen) atoms. The Kier molecular flexibility index (Phi) is 3.60. The normalized spacial score (nSPS) is 13.5. The molecule has 0 fully saturated rings. The Morgan fingerprint density at radius 2 is 1.88 bits per heavy atom. The first-order chi connectivity index (χ1) is 11.3. The van der Waals surface area contributed by atoms with Crippen LogP contribution in [0.3, 0.4) is 0 Å². The maximum absolute atomic E-state index is 12.3. The van der Waals surface area contributed by atoms with Crippen LogP contribution in [0.2, 0.25) is 0 Å². The van der Waals surface area contributed by atoms with Crippen LogP contribution in [0.1, 0.15) is 34.6 Å². The van der Waals surface area contributed by atoms with E-state index in [0.717, 1.165) is 0 Å². The molecular weight excluding hydrogens is 312 g/mol. The Morgan fingerprint density at radius 1 is 1.17 bits per heavy atom. The lowest BCUT2D eigenvalue weighted by atomic mass is 9.87. The SMILES string of the molecule is COc1cc(OC(C)=O)cc2cc3c(c(O)c12)C(=O)C(C)=CC3=O. The lowest BCUT2D eigenvalue weighted by molar-refractivity contribution is -0.131. The van der Waals surface area contributed by atoms with Gasteiger partial charge in [-0.05, 0) is 30.5 Å². The standard InChI is InChI=1S/C18H14O6/c1-8-4-13(20)12-6-10-5-11(24-9(2)19)7-14(23-3)15(10)18(22)16(12)17(8)21/h4-7,22H,1-3H3. The number of esters is 1. The molecule has 1 aliphatic rings. The molecule has 0 aliphatic heterocycles. The average Bonchev–Trinajstić information content (AvgIpc) is 2.51. The first-order valence-corrected chi connectivity index (χ1v) is 7.17. The Balaban J connectivity index is 2.37. The number of carbonyl (C=O) groups is 3. The molecular formula is C18H14O6. The number of hydrogen-bond acceptors (Lipinski definition) is 6. The fourth-order valence-corrected chi connectivity index (χ4v) is 2.81. The van der Waals surface area contributed by atoms with Crippen molar-refractivity contribution in [2.24, 2.45) is 0 Å². The van der Waals surface area contributed by atoms with Gasteiger partial charge in [0.15, 0.2) is 11.6 Å². The molecule has 0 spiro atoms. The Bertz CT molecular complexity index is 952. The van der Waals surface area contributed by atoms with Gasteiger partial charge in [0.05, 0.1) is 18.1 Å². The van der Waals surface area contributed by atoms with E-state index >= 15 is 0 Å². The second-order valence-corrected chi connectivity index (χ2v) is 5.49. The maximum atomic E-state index is 12.3. The zero-order valence-corrected chi connectivity index (χ0v) is 13.3. The molecule has 1 N–H and O–H groups in total. The first-order valence-electron chi connectivity index (χ1n) is 7.17. The Hall–Kier alpha value is -3.15. The van der Waals surface area contributed by atoms with Crippen LogP contribution >= 0.6 is 0 Å². The van der Waals surface area contributed by atoms with Gasteiger partial charge < -0.3 is 14.6 Å². The molecule has 0 saturated heterocycles. The van der Waals surface area contributed by atoms with Gasteiger partial charge in [0, 0.05) is 24.1 Å². The molecule has 0 bridgehead atoms. The van der Waals surface area contributed by atoms with E-state index in [4.69, 9.17) is 9.47 Å².